The summed E-state index contributed by atoms with van der Waals surface area (Å²) in [6.45, 7) is 5.43. The van der Waals surface area contributed by atoms with Gasteiger partial charge in [0.15, 0.2) is 11.5 Å². The number of benzene rings is 1. The topological polar surface area (TPSA) is 94.1 Å². The minimum absolute atomic E-state index is 0.0494. The van der Waals surface area contributed by atoms with Gasteiger partial charge in [0.2, 0.25) is 5.91 Å². The van der Waals surface area contributed by atoms with Gasteiger partial charge in [0.1, 0.15) is 12.0 Å². The number of carbonyl (C=O) groups excluding carboxylic acids is 1. The third-order valence-electron chi connectivity index (χ3n) is 5.96. The Bertz CT molecular complexity index is 1090. The maximum absolute atomic E-state index is 12.5. The summed E-state index contributed by atoms with van der Waals surface area (Å²) in [5, 5.41) is 7.85. The molecule has 1 aliphatic heterocycles. The van der Waals surface area contributed by atoms with Crippen LogP contribution in [0.25, 0.3) is 22.6 Å². The lowest BCUT2D eigenvalue weighted by Crippen LogP contribution is -2.18. The standard InChI is InChI=1S/C23H29N5O3/c1-3-14-11-16-17(12-19(14)30-4-2)25-22(24-16)21-18(26-23(29)15-8-9-15)13-28(27-21)20-7-5-6-10-31-20/h11-13,15,20H,3-10H2,1-2H3,(H,24,25)(H,26,29). The molecular weight excluding hydrogens is 394 g/mol. The van der Waals surface area contributed by atoms with Gasteiger partial charge in [-0.2, -0.15) is 5.10 Å². The monoisotopic (exact) mass is 423 g/mol. The first-order valence-corrected chi connectivity index (χ1v) is 11.3. The van der Waals surface area contributed by atoms with E-state index in [2.05, 4.69) is 23.3 Å². The number of H-pyrrole nitrogens is 1. The largest absolute Gasteiger partial charge is 0.494 e. The molecule has 0 bridgehead atoms. The van der Waals surface area contributed by atoms with Crippen LogP contribution >= 0.6 is 0 Å². The predicted octanol–water partition coefficient (Wildman–Crippen LogP) is 4.44. The number of imidazole rings is 1. The van der Waals surface area contributed by atoms with E-state index in [0.29, 0.717) is 23.8 Å². The molecule has 1 atom stereocenters. The highest BCUT2D eigenvalue weighted by atomic mass is 16.5. The van der Waals surface area contributed by atoms with E-state index in [1.165, 1.54) is 0 Å². The molecule has 1 saturated carbocycles. The van der Waals surface area contributed by atoms with Crippen LogP contribution in [0.3, 0.4) is 0 Å². The van der Waals surface area contributed by atoms with Crippen molar-refractivity contribution in [2.75, 3.05) is 18.5 Å². The molecule has 164 valence electrons. The molecule has 1 aromatic carbocycles. The van der Waals surface area contributed by atoms with Crippen molar-refractivity contribution >= 4 is 22.6 Å². The molecule has 2 aromatic heterocycles. The van der Waals surface area contributed by atoms with E-state index in [1.54, 1.807) is 0 Å². The number of hydrogen-bond donors (Lipinski definition) is 2. The van der Waals surface area contributed by atoms with Gasteiger partial charge in [0.25, 0.3) is 0 Å². The lowest BCUT2D eigenvalue weighted by molar-refractivity contribution is -0.117. The third kappa shape index (κ3) is 4.04. The fraction of sp³-hybridized carbons (Fsp3) is 0.522. The summed E-state index contributed by atoms with van der Waals surface area (Å²) < 4.78 is 13.5. The van der Waals surface area contributed by atoms with E-state index < -0.39 is 0 Å². The summed E-state index contributed by atoms with van der Waals surface area (Å²) >= 11 is 0. The van der Waals surface area contributed by atoms with Gasteiger partial charge in [-0.25, -0.2) is 9.67 Å². The van der Waals surface area contributed by atoms with Crippen LogP contribution in [0.5, 0.6) is 5.75 Å². The zero-order valence-electron chi connectivity index (χ0n) is 18.1. The molecule has 8 nitrogen and oxygen atoms in total. The number of ether oxygens (including phenoxy) is 2. The van der Waals surface area contributed by atoms with Gasteiger partial charge in [-0.1, -0.05) is 6.92 Å². The second-order valence-electron chi connectivity index (χ2n) is 8.31. The second kappa shape index (κ2) is 8.34. The van der Waals surface area contributed by atoms with Crippen molar-refractivity contribution in [2.24, 2.45) is 5.92 Å². The van der Waals surface area contributed by atoms with Crippen molar-refractivity contribution in [2.45, 2.75) is 58.6 Å². The minimum atomic E-state index is -0.111. The highest BCUT2D eigenvalue weighted by molar-refractivity contribution is 5.97. The summed E-state index contributed by atoms with van der Waals surface area (Å²) in [4.78, 5) is 20.7. The van der Waals surface area contributed by atoms with E-state index in [-0.39, 0.29) is 18.1 Å². The molecule has 1 aliphatic carbocycles. The molecule has 8 heteroatoms. The number of rotatable bonds is 7. The van der Waals surface area contributed by atoms with E-state index in [1.807, 2.05) is 23.9 Å². The number of aromatic nitrogens is 4. The van der Waals surface area contributed by atoms with Gasteiger partial charge < -0.3 is 19.8 Å². The SMILES string of the molecule is CCOc1cc2nc(-c3nn(C4CCCCO4)cc3NC(=O)C3CC3)[nH]c2cc1CC. The molecule has 31 heavy (non-hydrogen) atoms. The molecule has 0 radical (unpaired) electrons. The van der Waals surface area contributed by atoms with Gasteiger partial charge in [0, 0.05) is 18.6 Å². The molecule has 2 N–H and O–H groups in total. The Kier molecular flexibility index (Phi) is 5.40. The van der Waals surface area contributed by atoms with Crippen LogP contribution in [0.1, 0.15) is 57.7 Å². The maximum Gasteiger partial charge on any atom is 0.227 e. The molecule has 5 rings (SSSR count). The Morgan fingerprint density at radius 1 is 1.29 bits per heavy atom. The van der Waals surface area contributed by atoms with E-state index in [4.69, 9.17) is 19.6 Å². The molecule has 3 heterocycles. The molecule has 1 saturated heterocycles. The van der Waals surface area contributed by atoms with Crippen molar-refractivity contribution in [3.63, 3.8) is 0 Å². The van der Waals surface area contributed by atoms with Crippen LogP contribution < -0.4 is 10.1 Å². The van der Waals surface area contributed by atoms with Crippen LogP contribution in [-0.2, 0) is 16.0 Å². The molecule has 2 fully saturated rings. The van der Waals surface area contributed by atoms with Gasteiger partial charge in [-0.15, -0.1) is 0 Å². The predicted molar refractivity (Wildman–Crippen MR) is 118 cm³/mol. The smallest absolute Gasteiger partial charge is 0.227 e. The molecule has 3 aromatic rings. The van der Waals surface area contributed by atoms with Crippen molar-refractivity contribution in [1.82, 2.24) is 19.7 Å². The maximum atomic E-state index is 12.5. The van der Waals surface area contributed by atoms with Crippen LogP contribution in [-0.4, -0.2) is 38.9 Å². The van der Waals surface area contributed by atoms with Crippen molar-refractivity contribution in [1.29, 1.82) is 0 Å². The molecular formula is C23H29N5O3. The van der Waals surface area contributed by atoms with Crippen molar-refractivity contribution < 1.29 is 14.3 Å². The Morgan fingerprint density at radius 3 is 2.87 bits per heavy atom. The van der Waals surface area contributed by atoms with Gasteiger partial charge in [-0.05, 0) is 57.1 Å². The highest BCUT2D eigenvalue weighted by Gasteiger charge is 2.31. The van der Waals surface area contributed by atoms with Gasteiger partial charge >= 0.3 is 0 Å². The molecule has 2 aliphatic rings. The number of anilines is 1. The van der Waals surface area contributed by atoms with E-state index >= 15 is 0 Å². The lowest BCUT2D eigenvalue weighted by Gasteiger charge is -2.22. The fourth-order valence-electron chi connectivity index (χ4n) is 4.08. The summed E-state index contributed by atoms with van der Waals surface area (Å²) in [5.74, 6) is 1.65. The third-order valence-corrected chi connectivity index (χ3v) is 5.96. The number of fused-ring (bicyclic) bond motifs is 1. The Morgan fingerprint density at radius 2 is 2.16 bits per heavy atom. The molecule has 1 unspecified atom stereocenters. The summed E-state index contributed by atoms with van der Waals surface area (Å²) in [6, 6.07) is 4.06. The van der Waals surface area contributed by atoms with Crippen LogP contribution in [0.2, 0.25) is 0 Å². The second-order valence-corrected chi connectivity index (χ2v) is 8.31. The summed E-state index contributed by atoms with van der Waals surface area (Å²) in [5.41, 5.74) is 4.19. The highest BCUT2D eigenvalue weighted by Crippen LogP contribution is 2.35. The Balaban J connectivity index is 1.54. The fourth-order valence-corrected chi connectivity index (χ4v) is 4.08. The molecule has 1 amide bonds. The quantitative estimate of drug-likeness (QED) is 0.586. The number of carbonyl (C=O) groups is 1. The average Bonchev–Trinajstić information content (AvgIpc) is 3.44. The number of amides is 1. The van der Waals surface area contributed by atoms with Crippen LogP contribution in [0.15, 0.2) is 18.3 Å². The van der Waals surface area contributed by atoms with Crippen LogP contribution in [0.4, 0.5) is 5.69 Å². The normalized spacial score (nSPS) is 19.0. The Labute approximate surface area is 181 Å². The van der Waals surface area contributed by atoms with Gasteiger partial charge in [-0.3, -0.25) is 4.79 Å². The first kappa shape index (κ1) is 20.1. The zero-order chi connectivity index (χ0) is 21.4. The Hall–Kier alpha value is -2.87. The minimum Gasteiger partial charge on any atom is -0.494 e. The zero-order valence-corrected chi connectivity index (χ0v) is 18.1. The van der Waals surface area contributed by atoms with E-state index in [0.717, 1.165) is 67.5 Å². The number of nitrogens with one attached hydrogen (secondary N) is 2. The van der Waals surface area contributed by atoms with E-state index in [9.17, 15) is 4.79 Å². The summed E-state index contributed by atoms with van der Waals surface area (Å²) in [6.07, 6.45) is 7.62. The first-order valence-electron chi connectivity index (χ1n) is 11.3. The summed E-state index contributed by atoms with van der Waals surface area (Å²) in [7, 11) is 0. The van der Waals surface area contributed by atoms with Crippen molar-refractivity contribution in [3.8, 4) is 17.3 Å². The number of hydrogen-bond acceptors (Lipinski definition) is 5. The first-order chi connectivity index (χ1) is 15.2. The number of aromatic amines is 1. The van der Waals surface area contributed by atoms with Crippen molar-refractivity contribution in [3.05, 3.63) is 23.9 Å². The number of aryl methyl sites for hydroxylation is 1. The van der Waals surface area contributed by atoms with Crippen LogP contribution in [0, 0.1) is 5.92 Å². The number of nitrogens with zero attached hydrogens (tertiary/aromatic N) is 3. The average molecular weight is 424 g/mol. The molecule has 0 spiro atoms. The van der Waals surface area contributed by atoms with Gasteiger partial charge in [0.05, 0.1) is 29.5 Å². The lowest BCUT2D eigenvalue weighted by atomic mass is 10.1.